The van der Waals surface area contributed by atoms with Gasteiger partial charge in [-0.05, 0) is 32.0 Å². The van der Waals surface area contributed by atoms with E-state index in [2.05, 4.69) is 19.9 Å². The third-order valence-corrected chi connectivity index (χ3v) is 4.20. The summed E-state index contributed by atoms with van der Waals surface area (Å²) in [6, 6.07) is 5.98. The highest BCUT2D eigenvalue weighted by Crippen LogP contribution is 2.24. The number of aromatic nitrogens is 6. The molecule has 4 rings (SSSR count). The van der Waals surface area contributed by atoms with E-state index in [-0.39, 0.29) is 0 Å². The molecule has 3 heterocycles. The normalized spacial score (nSPS) is 12.6. The first-order chi connectivity index (χ1) is 12.0. The van der Waals surface area contributed by atoms with E-state index in [0.29, 0.717) is 11.5 Å². The van der Waals surface area contributed by atoms with E-state index in [1.807, 2.05) is 47.5 Å². The topological polar surface area (TPSA) is 81.6 Å². The molecule has 0 aliphatic heterocycles. The van der Waals surface area contributed by atoms with E-state index in [1.165, 1.54) is 0 Å². The van der Waals surface area contributed by atoms with Crippen LogP contribution in [0.3, 0.4) is 0 Å². The molecule has 7 nitrogen and oxygen atoms in total. The van der Waals surface area contributed by atoms with Crippen LogP contribution in [0.4, 0.5) is 0 Å². The van der Waals surface area contributed by atoms with E-state index in [0.717, 1.165) is 28.2 Å². The molecule has 0 aliphatic carbocycles. The first-order valence-corrected chi connectivity index (χ1v) is 8.02. The van der Waals surface area contributed by atoms with Gasteiger partial charge in [-0.2, -0.15) is 0 Å². The maximum absolute atomic E-state index is 9.86. The van der Waals surface area contributed by atoms with Crippen LogP contribution < -0.4 is 0 Å². The van der Waals surface area contributed by atoms with Gasteiger partial charge in [0.25, 0.3) is 0 Å². The number of nitrogens with zero attached hydrogens (tertiary/aromatic N) is 6. The molecule has 25 heavy (non-hydrogen) atoms. The molecular formula is C18H18N6O. The molecule has 3 aromatic heterocycles. The summed E-state index contributed by atoms with van der Waals surface area (Å²) in [6.45, 7) is 3.62. The molecule has 0 radical (unpaired) electrons. The fraction of sp³-hybridized carbons (Fsp3) is 0.222. The Labute approximate surface area is 144 Å². The molecule has 0 amide bonds. The quantitative estimate of drug-likeness (QED) is 0.623. The SMILES string of the molecule is Cc1cnc(-c2nccn2-c2ccc3c(c2)nc(C(C)O)n3C)cn1. The Bertz CT molecular complexity index is 1050. The summed E-state index contributed by atoms with van der Waals surface area (Å²) in [4.78, 5) is 17.7. The maximum atomic E-state index is 9.86. The Morgan fingerprint density at radius 1 is 1.12 bits per heavy atom. The van der Waals surface area contributed by atoms with Crippen molar-refractivity contribution < 1.29 is 5.11 Å². The summed E-state index contributed by atoms with van der Waals surface area (Å²) in [5, 5.41) is 9.86. The Kier molecular flexibility index (Phi) is 3.58. The van der Waals surface area contributed by atoms with Crippen molar-refractivity contribution in [2.24, 2.45) is 7.05 Å². The molecule has 4 aromatic rings. The lowest BCUT2D eigenvalue weighted by Crippen LogP contribution is -2.01. The highest BCUT2D eigenvalue weighted by Gasteiger charge is 2.14. The van der Waals surface area contributed by atoms with Gasteiger partial charge >= 0.3 is 0 Å². The van der Waals surface area contributed by atoms with Crippen molar-refractivity contribution in [2.75, 3.05) is 0 Å². The molecule has 0 fully saturated rings. The molecule has 1 N–H and O–H groups in total. The van der Waals surface area contributed by atoms with Gasteiger partial charge in [0, 0.05) is 31.3 Å². The average molecular weight is 334 g/mol. The molecule has 0 bridgehead atoms. The van der Waals surface area contributed by atoms with Crippen molar-refractivity contribution in [3.05, 3.63) is 54.5 Å². The zero-order valence-corrected chi connectivity index (χ0v) is 14.2. The molecule has 7 heteroatoms. The Balaban J connectivity index is 1.83. The fourth-order valence-corrected chi connectivity index (χ4v) is 2.94. The Morgan fingerprint density at radius 2 is 1.96 bits per heavy atom. The van der Waals surface area contributed by atoms with Crippen molar-refractivity contribution >= 4 is 11.0 Å². The van der Waals surface area contributed by atoms with Crippen molar-refractivity contribution in [1.29, 1.82) is 0 Å². The van der Waals surface area contributed by atoms with Gasteiger partial charge in [-0.3, -0.25) is 9.55 Å². The van der Waals surface area contributed by atoms with Crippen LogP contribution in [0.5, 0.6) is 0 Å². The molecule has 1 atom stereocenters. The van der Waals surface area contributed by atoms with Gasteiger partial charge < -0.3 is 9.67 Å². The van der Waals surface area contributed by atoms with Crippen molar-refractivity contribution in [2.45, 2.75) is 20.0 Å². The standard InChI is InChI=1S/C18H18N6O/c1-11-9-21-15(10-20-11)18-19-6-7-24(18)13-4-5-16-14(8-13)22-17(12(2)25)23(16)3/h4-10,12,25H,1-3H3. The van der Waals surface area contributed by atoms with E-state index in [1.54, 1.807) is 25.5 Å². The van der Waals surface area contributed by atoms with Crippen LogP contribution in [0, 0.1) is 6.92 Å². The summed E-state index contributed by atoms with van der Waals surface area (Å²) in [5.41, 5.74) is 4.29. The van der Waals surface area contributed by atoms with Crippen molar-refractivity contribution in [3.63, 3.8) is 0 Å². The highest BCUT2D eigenvalue weighted by molar-refractivity contribution is 5.79. The van der Waals surface area contributed by atoms with Gasteiger partial charge in [0.2, 0.25) is 0 Å². The number of rotatable bonds is 3. The van der Waals surface area contributed by atoms with Gasteiger partial charge in [-0.15, -0.1) is 0 Å². The minimum atomic E-state index is -0.618. The molecule has 0 saturated carbocycles. The second kappa shape index (κ2) is 5.78. The summed E-state index contributed by atoms with van der Waals surface area (Å²) < 4.78 is 3.86. The first kappa shape index (κ1) is 15.5. The lowest BCUT2D eigenvalue weighted by Gasteiger charge is -2.08. The van der Waals surface area contributed by atoms with Crippen LogP contribution in [0.2, 0.25) is 0 Å². The number of imidazole rings is 2. The molecule has 0 saturated heterocycles. The number of hydrogen-bond donors (Lipinski definition) is 1. The number of benzene rings is 1. The predicted molar refractivity (Wildman–Crippen MR) is 94.2 cm³/mol. The second-order valence-corrected chi connectivity index (χ2v) is 6.04. The highest BCUT2D eigenvalue weighted by atomic mass is 16.3. The fourth-order valence-electron chi connectivity index (χ4n) is 2.94. The van der Waals surface area contributed by atoms with Crippen LogP contribution in [0.15, 0.2) is 43.0 Å². The predicted octanol–water partition coefficient (Wildman–Crippen LogP) is 2.58. The third kappa shape index (κ3) is 2.58. The smallest absolute Gasteiger partial charge is 0.164 e. The van der Waals surface area contributed by atoms with E-state index in [9.17, 15) is 5.11 Å². The summed E-state index contributed by atoms with van der Waals surface area (Å²) in [6.07, 6.45) is 6.45. The zero-order valence-electron chi connectivity index (χ0n) is 14.2. The minimum Gasteiger partial charge on any atom is -0.385 e. The first-order valence-electron chi connectivity index (χ1n) is 8.02. The second-order valence-electron chi connectivity index (χ2n) is 6.04. The lowest BCUT2D eigenvalue weighted by atomic mass is 10.2. The maximum Gasteiger partial charge on any atom is 0.164 e. The number of aliphatic hydroxyl groups is 1. The Morgan fingerprint density at radius 3 is 2.68 bits per heavy atom. The van der Waals surface area contributed by atoms with Crippen LogP contribution >= 0.6 is 0 Å². The van der Waals surface area contributed by atoms with E-state index >= 15 is 0 Å². The monoisotopic (exact) mass is 334 g/mol. The average Bonchev–Trinajstić information content (AvgIpc) is 3.20. The molecule has 126 valence electrons. The van der Waals surface area contributed by atoms with Gasteiger partial charge in [0.15, 0.2) is 5.82 Å². The molecular weight excluding hydrogens is 316 g/mol. The molecule has 1 aromatic carbocycles. The minimum absolute atomic E-state index is 0.618. The summed E-state index contributed by atoms with van der Waals surface area (Å²) >= 11 is 0. The molecule has 0 spiro atoms. The number of fused-ring (bicyclic) bond motifs is 1. The summed E-state index contributed by atoms with van der Waals surface area (Å²) in [5.74, 6) is 1.36. The van der Waals surface area contributed by atoms with Crippen LogP contribution in [0.25, 0.3) is 28.2 Å². The lowest BCUT2D eigenvalue weighted by molar-refractivity contribution is 0.186. The number of aryl methyl sites for hydroxylation is 2. The number of aliphatic hydroxyl groups excluding tert-OH is 1. The van der Waals surface area contributed by atoms with Gasteiger partial charge in [0.1, 0.15) is 17.6 Å². The van der Waals surface area contributed by atoms with E-state index in [4.69, 9.17) is 0 Å². The summed E-state index contributed by atoms with van der Waals surface area (Å²) in [7, 11) is 1.90. The molecule has 1 unspecified atom stereocenters. The number of hydrogen-bond acceptors (Lipinski definition) is 5. The van der Waals surface area contributed by atoms with Crippen LogP contribution in [0.1, 0.15) is 24.5 Å². The van der Waals surface area contributed by atoms with Crippen molar-refractivity contribution in [3.8, 4) is 17.2 Å². The van der Waals surface area contributed by atoms with Crippen molar-refractivity contribution in [1.82, 2.24) is 29.1 Å². The van der Waals surface area contributed by atoms with Gasteiger partial charge in [-0.1, -0.05) is 0 Å². The molecule has 0 aliphatic rings. The van der Waals surface area contributed by atoms with Crippen LogP contribution in [-0.4, -0.2) is 34.2 Å². The zero-order chi connectivity index (χ0) is 17.6. The van der Waals surface area contributed by atoms with Gasteiger partial charge in [-0.25, -0.2) is 15.0 Å². The van der Waals surface area contributed by atoms with Gasteiger partial charge in [0.05, 0.1) is 22.9 Å². The van der Waals surface area contributed by atoms with E-state index < -0.39 is 6.10 Å². The van der Waals surface area contributed by atoms with Crippen LogP contribution in [-0.2, 0) is 7.05 Å². The third-order valence-electron chi connectivity index (χ3n) is 4.20. The largest absolute Gasteiger partial charge is 0.385 e. The Hall–Kier alpha value is -3.06.